The Kier molecular flexibility index (Phi) is 3.26. The molecule has 1 aromatic heterocycles. The predicted molar refractivity (Wildman–Crippen MR) is 64.5 cm³/mol. The maximum atomic E-state index is 5.44. The summed E-state index contributed by atoms with van der Waals surface area (Å²) in [4.78, 5) is 4.53. The van der Waals surface area contributed by atoms with Crippen molar-refractivity contribution in [2.75, 3.05) is 19.8 Å². The largest absolute Gasteiger partial charge is 0.378 e. The molecule has 1 saturated heterocycles. The van der Waals surface area contributed by atoms with Crippen molar-refractivity contribution < 1.29 is 4.74 Å². The van der Waals surface area contributed by atoms with Gasteiger partial charge in [-0.15, -0.1) is 0 Å². The van der Waals surface area contributed by atoms with Crippen LogP contribution in [0, 0.1) is 0 Å². The molecule has 0 aliphatic carbocycles. The van der Waals surface area contributed by atoms with Gasteiger partial charge in [0.15, 0.2) is 0 Å². The van der Waals surface area contributed by atoms with Crippen molar-refractivity contribution in [2.45, 2.75) is 32.2 Å². The van der Waals surface area contributed by atoms with Gasteiger partial charge in [0.05, 0.1) is 19.3 Å². The molecule has 1 aliphatic rings. The van der Waals surface area contributed by atoms with Crippen LogP contribution in [0.3, 0.4) is 0 Å². The molecule has 3 heteroatoms. The van der Waals surface area contributed by atoms with Gasteiger partial charge in [0.2, 0.25) is 0 Å². The predicted octanol–water partition coefficient (Wildman–Crippen LogP) is 2.04. The van der Waals surface area contributed by atoms with Gasteiger partial charge in [0, 0.05) is 23.9 Å². The van der Waals surface area contributed by atoms with Crippen molar-refractivity contribution in [3.8, 4) is 0 Å². The summed E-state index contributed by atoms with van der Waals surface area (Å²) in [6.45, 7) is 9.01. The number of aromatic nitrogens is 1. The number of nitrogens with zero attached hydrogens (tertiary/aromatic N) is 1. The summed E-state index contributed by atoms with van der Waals surface area (Å²) in [5.74, 6) is 0. The molecule has 1 atom stereocenters. The lowest BCUT2D eigenvalue weighted by Gasteiger charge is -2.25. The van der Waals surface area contributed by atoms with Crippen LogP contribution in [0.25, 0.3) is 0 Å². The molecular weight excluding hydrogens is 200 g/mol. The Hall–Kier alpha value is -0.930. The van der Waals surface area contributed by atoms with E-state index in [1.807, 2.05) is 6.20 Å². The first-order chi connectivity index (χ1) is 7.57. The second kappa shape index (κ2) is 4.52. The van der Waals surface area contributed by atoms with Gasteiger partial charge in [-0.05, 0) is 11.6 Å². The fourth-order valence-electron chi connectivity index (χ4n) is 1.83. The van der Waals surface area contributed by atoms with E-state index in [2.05, 4.69) is 43.2 Å². The SMILES string of the molecule is CC(C)(C)c1ccc(C2COCCN2)cn1. The van der Waals surface area contributed by atoms with E-state index in [0.717, 1.165) is 25.5 Å². The van der Waals surface area contributed by atoms with Crippen LogP contribution in [0.5, 0.6) is 0 Å². The Morgan fingerprint density at radius 1 is 1.38 bits per heavy atom. The maximum Gasteiger partial charge on any atom is 0.0662 e. The van der Waals surface area contributed by atoms with E-state index < -0.39 is 0 Å². The summed E-state index contributed by atoms with van der Waals surface area (Å²) < 4.78 is 5.44. The molecule has 1 fully saturated rings. The summed E-state index contributed by atoms with van der Waals surface area (Å²) in [6.07, 6.45) is 1.97. The fraction of sp³-hybridized carbons (Fsp3) is 0.615. The zero-order valence-electron chi connectivity index (χ0n) is 10.3. The summed E-state index contributed by atoms with van der Waals surface area (Å²) in [6, 6.07) is 4.57. The number of pyridine rings is 1. The minimum atomic E-state index is 0.120. The molecule has 16 heavy (non-hydrogen) atoms. The third-order valence-electron chi connectivity index (χ3n) is 2.88. The molecule has 1 unspecified atom stereocenters. The van der Waals surface area contributed by atoms with Crippen LogP contribution < -0.4 is 5.32 Å². The van der Waals surface area contributed by atoms with E-state index in [-0.39, 0.29) is 5.41 Å². The highest BCUT2D eigenvalue weighted by Crippen LogP contribution is 2.22. The van der Waals surface area contributed by atoms with Crippen LogP contribution in [0.1, 0.15) is 38.1 Å². The number of hydrogen-bond acceptors (Lipinski definition) is 3. The molecule has 1 N–H and O–H groups in total. The topological polar surface area (TPSA) is 34.1 Å². The van der Waals surface area contributed by atoms with E-state index >= 15 is 0 Å². The summed E-state index contributed by atoms with van der Waals surface area (Å²) in [5, 5.41) is 3.43. The van der Waals surface area contributed by atoms with E-state index in [0.29, 0.717) is 6.04 Å². The highest BCUT2D eigenvalue weighted by Gasteiger charge is 2.18. The summed E-state index contributed by atoms with van der Waals surface area (Å²) >= 11 is 0. The first-order valence-corrected chi connectivity index (χ1v) is 5.85. The third-order valence-corrected chi connectivity index (χ3v) is 2.88. The van der Waals surface area contributed by atoms with Crippen LogP contribution in [0.2, 0.25) is 0 Å². The Morgan fingerprint density at radius 2 is 2.19 bits per heavy atom. The number of nitrogens with one attached hydrogen (secondary N) is 1. The molecule has 0 radical (unpaired) electrons. The molecule has 88 valence electrons. The van der Waals surface area contributed by atoms with Crippen molar-refractivity contribution in [3.63, 3.8) is 0 Å². The normalized spacial score (nSPS) is 22.1. The Balaban J connectivity index is 2.12. The highest BCUT2D eigenvalue weighted by molar-refractivity contribution is 5.21. The standard InChI is InChI=1S/C13H20N2O/c1-13(2,3)12-5-4-10(8-15-12)11-9-16-7-6-14-11/h4-5,8,11,14H,6-7,9H2,1-3H3. The lowest BCUT2D eigenvalue weighted by molar-refractivity contribution is 0.0767. The Bertz CT molecular complexity index is 334. The number of morpholine rings is 1. The van der Waals surface area contributed by atoms with E-state index in [1.54, 1.807) is 0 Å². The van der Waals surface area contributed by atoms with Gasteiger partial charge < -0.3 is 10.1 Å². The molecular formula is C13H20N2O. The Labute approximate surface area is 97.2 Å². The van der Waals surface area contributed by atoms with Gasteiger partial charge in [0.25, 0.3) is 0 Å². The van der Waals surface area contributed by atoms with Gasteiger partial charge in [-0.3, -0.25) is 4.98 Å². The summed E-state index contributed by atoms with van der Waals surface area (Å²) in [7, 11) is 0. The van der Waals surface area contributed by atoms with Crippen molar-refractivity contribution >= 4 is 0 Å². The van der Waals surface area contributed by atoms with E-state index in [9.17, 15) is 0 Å². The molecule has 0 aromatic carbocycles. The minimum absolute atomic E-state index is 0.120. The highest BCUT2D eigenvalue weighted by atomic mass is 16.5. The fourth-order valence-corrected chi connectivity index (χ4v) is 1.83. The second-order valence-corrected chi connectivity index (χ2v) is 5.31. The van der Waals surface area contributed by atoms with Crippen molar-refractivity contribution in [3.05, 3.63) is 29.6 Å². The lowest BCUT2D eigenvalue weighted by Crippen LogP contribution is -2.34. The van der Waals surface area contributed by atoms with Gasteiger partial charge in [-0.2, -0.15) is 0 Å². The monoisotopic (exact) mass is 220 g/mol. The van der Waals surface area contributed by atoms with E-state index in [1.165, 1.54) is 5.56 Å². The smallest absolute Gasteiger partial charge is 0.0662 e. The molecule has 2 heterocycles. The van der Waals surface area contributed by atoms with Crippen LogP contribution in [0.4, 0.5) is 0 Å². The second-order valence-electron chi connectivity index (χ2n) is 5.31. The zero-order valence-corrected chi connectivity index (χ0v) is 10.3. The molecule has 1 aromatic rings. The van der Waals surface area contributed by atoms with Crippen LogP contribution in [0.15, 0.2) is 18.3 Å². The van der Waals surface area contributed by atoms with Gasteiger partial charge >= 0.3 is 0 Å². The lowest BCUT2D eigenvalue weighted by atomic mass is 9.91. The molecule has 2 rings (SSSR count). The van der Waals surface area contributed by atoms with Gasteiger partial charge in [-0.1, -0.05) is 26.8 Å². The van der Waals surface area contributed by atoms with Gasteiger partial charge in [-0.25, -0.2) is 0 Å². The molecule has 1 aliphatic heterocycles. The zero-order chi connectivity index (χ0) is 11.6. The average Bonchev–Trinajstić information content (AvgIpc) is 2.29. The number of hydrogen-bond donors (Lipinski definition) is 1. The summed E-state index contributed by atoms with van der Waals surface area (Å²) in [5.41, 5.74) is 2.47. The maximum absolute atomic E-state index is 5.44. The Morgan fingerprint density at radius 3 is 2.69 bits per heavy atom. The van der Waals surface area contributed by atoms with Gasteiger partial charge in [0.1, 0.15) is 0 Å². The van der Waals surface area contributed by atoms with Crippen molar-refractivity contribution in [2.24, 2.45) is 0 Å². The van der Waals surface area contributed by atoms with Crippen molar-refractivity contribution in [1.82, 2.24) is 10.3 Å². The third kappa shape index (κ3) is 2.60. The van der Waals surface area contributed by atoms with Crippen LogP contribution in [-0.2, 0) is 10.2 Å². The van der Waals surface area contributed by atoms with Crippen LogP contribution >= 0.6 is 0 Å². The average molecular weight is 220 g/mol. The quantitative estimate of drug-likeness (QED) is 0.786. The molecule has 0 spiro atoms. The van der Waals surface area contributed by atoms with E-state index in [4.69, 9.17) is 4.74 Å². The molecule has 0 amide bonds. The number of ether oxygens (including phenoxy) is 1. The first-order valence-electron chi connectivity index (χ1n) is 5.85. The number of rotatable bonds is 1. The molecule has 0 saturated carbocycles. The van der Waals surface area contributed by atoms with Crippen molar-refractivity contribution in [1.29, 1.82) is 0 Å². The van der Waals surface area contributed by atoms with Crippen LogP contribution in [-0.4, -0.2) is 24.7 Å². The molecule has 0 bridgehead atoms. The molecule has 3 nitrogen and oxygen atoms in total. The first kappa shape index (κ1) is 11.6. The minimum Gasteiger partial charge on any atom is -0.378 e.